The van der Waals surface area contributed by atoms with Crippen LogP contribution in [0, 0.1) is 12.8 Å². The highest BCUT2D eigenvalue weighted by molar-refractivity contribution is 14.0. The lowest BCUT2D eigenvalue weighted by Crippen LogP contribution is -2.42. The number of rotatable bonds is 7. The van der Waals surface area contributed by atoms with Crippen LogP contribution in [0.3, 0.4) is 0 Å². The first-order valence-corrected chi connectivity index (χ1v) is 8.28. The fraction of sp³-hybridized carbons (Fsp3) is 0.556. The average molecular weight is 462 g/mol. The van der Waals surface area contributed by atoms with Crippen LogP contribution in [-0.2, 0) is 4.79 Å². The van der Waals surface area contributed by atoms with Gasteiger partial charge in [-0.15, -0.1) is 24.0 Å². The average Bonchev–Trinajstić information content (AvgIpc) is 2.56. The van der Waals surface area contributed by atoms with E-state index in [1.54, 1.807) is 14.2 Å². The summed E-state index contributed by atoms with van der Waals surface area (Å²) in [5, 5.41) is 9.41. The molecule has 142 valence electrons. The van der Waals surface area contributed by atoms with Crippen molar-refractivity contribution in [3.8, 4) is 5.75 Å². The van der Waals surface area contributed by atoms with Gasteiger partial charge in [-0.25, -0.2) is 0 Å². The number of hydrogen-bond acceptors (Lipinski definition) is 3. The fourth-order valence-corrected chi connectivity index (χ4v) is 2.24. The van der Waals surface area contributed by atoms with E-state index in [4.69, 9.17) is 4.74 Å². The Kier molecular flexibility index (Phi) is 11.2. The third-order valence-corrected chi connectivity index (χ3v) is 3.67. The molecule has 0 saturated carbocycles. The molecule has 0 saturated heterocycles. The van der Waals surface area contributed by atoms with E-state index in [2.05, 4.69) is 40.9 Å². The third kappa shape index (κ3) is 7.94. The molecule has 0 aromatic heterocycles. The minimum absolute atomic E-state index is 0. The Morgan fingerprint density at radius 1 is 1.20 bits per heavy atom. The monoisotopic (exact) mass is 462 g/mol. The Morgan fingerprint density at radius 3 is 2.40 bits per heavy atom. The van der Waals surface area contributed by atoms with E-state index in [-0.39, 0.29) is 41.8 Å². The molecule has 1 atom stereocenters. The largest absolute Gasteiger partial charge is 0.496 e. The lowest BCUT2D eigenvalue weighted by molar-refractivity contribution is -0.123. The molecule has 0 radical (unpaired) electrons. The molecule has 0 aliphatic heterocycles. The third-order valence-electron chi connectivity index (χ3n) is 3.67. The lowest BCUT2D eigenvalue weighted by Gasteiger charge is -2.21. The Morgan fingerprint density at radius 2 is 1.84 bits per heavy atom. The summed E-state index contributed by atoms with van der Waals surface area (Å²) in [6, 6.07) is 6.14. The smallest absolute Gasteiger partial charge is 0.222 e. The number of aliphatic imine (C=N–C) groups is 1. The first-order valence-electron chi connectivity index (χ1n) is 8.28. The second kappa shape index (κ2) is 11.9. The molecule has 0 aliphatic carbocycles. The van der Waals surface area contributed by atoms with Gasteiger partial charge in [-0.05, 0) is 19.9 Å². The van der Waals surface area contributed by atoms with Crippen molar-refractivity contribution in [3.05, 3.63) is 29.3 Å². The molecule has 0 bridgehead atoms. The Balaban J connectivity index is 0.00000576. The van der Waals surface area contributed by atoms with Crippen LogP contribution in [0.1, 0.15) is 37.9 Å². The molecule has 1 aromatic rings. The minimum Gasteiger partial charge on any atom is -0.496 e. The molecule has 7 heteroatoms. The molecule has 0 heterocycles. The number of hydrogen-bond donors (Lipinski definition) is 3. The van der Waals surface area contributed by atoms with E-state index in [1.165, 1.54) is 5.56 Å². The number of amides is 1. The first kappa shape index (κ1) is 23.5. The van der Waals surface area contributed by atoms with Gasteiger partial charge in [0.15, 0.2) is 5.96 Å². The van der Waals surface area contributed by atoms with Crippen LogP contribution >= 0.6 is 24.0 Å². The molecule has 0 fully saturated rings. The van der Waals surface area contributed by atoms with Crippen molar-refractivity contribution >= 4 is 35.8 Å². The summed E-state index contributed by atoms with van der Waals surface area (Å²) in [7, 11) is 3.40. The van der Waals surface area contributed by atoms with Gasteiger partial charge in [0.05, 0.1) is 13.2 Å². The number of methoxy groups -OCH3 is 1. The second-order valence-corrected chi connectivity index (χ2v) is 6.06. The molecular formula is C18H31IN4O2. The highest BCUT2D eigenvalue weighted by Gasteiger charge is 2.13. The van der Waals surface area contributed by atoms with Gasteiger partial charge in [0, 0.05) is 31.6 Å². The predicted octanol–water partition coefficient (Wildman–Crippen LogP) is 2.62. The van der Waals surface area contributed by atoms with Gasteiger partial charge in [0.25, 0.3) is 0 Å². The van der Waals surface area contributed by atoms with E-state index in [9.17, 15) is 4.79 Å². The highest BCUT2D eigenvalue weighted by atomic mass is 127. The van der Waals surface area contributed by atoms with Crippen molar-refractivity contribution in [2.75, 3.05) is 27.2 Å². The molecule has 1 rings (SSSR count). The van der Waals surface area contributed by atoms with Crippen molar-refractivity contribution in [3.63, 3.8) is 0 Å². The second-order valence-electron chi connectivity index (χ2n) is 6.06. The van der Waals surface area contributed by atoms with Crippen molar-refractivity contribution < 1.29 is 9.53 Å². The van der Waals surface area contributed by atoms with E-state index >= 15 is 0 Å². The summed E-state index contributed by atoms with van der Waals surface area (Å²) in [6.45, 7) is 9.03. The van der Waals surface area contributed by atoms with Crippen LogP contribution < -0.4 is 20.7 Å². The maximum absolute atomic E-state index is 11.5. The van der Waals surface area contributed by atoms with Crippen molar-refractivity contribution in [2.24, 2.45) is 10.9 Å². The summed E-state index contributed by atoms with van der Waals surface area (Å²) in [5.74, 6) is 1.58. The van der Waals surface area contributed by atoms with Gasteiger partial charge in [-0.1, -0.05) is 31.5 Å². The summed E-state index contributed by atoms with van der Waals surface area (Å²) in [5.41, 5.74) is 2.26. The summed E-state index contributed by atoms with van der Waals surface area (Å²) >= 11 is 0. The topological polar surface area (TPSA) is 74.8 Å². The van der Waals surface area contributed by atoms with E-state index in [0.717, 1.165) is 11.3 Å². The summed E-state index contributed by atoms with van der Waals surface area (Å²) < 4.78 is 5.44. The fourth-order valence-electron chi connectivity index (χ4n) is 2.24. The van der Waals surface area contributed by atoms with Crippen LogP contribution in [0.2, 0.25) is 0 Å². The van der Waals surface area contributed by atoms with Crippen molar-refractivity contribution in [1.82, 2.24) is 16.0 Å². The minimum atomic E-state index is -0.00348. The molecule has 1 amide bonds. The van der Waals surface area contributed by atoms with Gasteiger partial charge in [0.2, 0.25) is 5.91 Å². The Hall–Kier alpha value is -1.51. The molecule has 1 aromatic carbocycles. The molecule has 6 nitrogen and oxygen atoms in total. The molecule has 3 N–H and O–H groups in total. The van der Waals surface area contributed by atoms with Crippen LogP contribution in [0.15, 0.2) is 23.2 Å². The zero-order chi connectivity index (χ0) is 18.1. The van der Waals surface area contributed by atoms with Crippen molar-refractivity contribution in [2.45, 2.75) is 33.7 Å². The van der Waals surface area contributed by atoms with Gasteiger partial charge < -0.3 is 20.7 Å². The number of halogens is 1. The molecule has 0 aliphatic rings. The van der Waals surface area contributed by atoms with E-state index < -0.39 is 0 Å². The Labute approximate surface area is 168 Å². The number of carbonyl (C=O) groups excluding carboxylic acids is 1. The number of aryl methyl sites for hydroxylation is 1. The number of benzene rings is 1. The predicted molar refractivity (Wildman–Crippen MR) is 114 cm³/mol. The number of ether oxygens (including phenoxy) is 1. The lowest BCUT2D eigenvalue weighted by atomic mass is 10.0. The number of nitrogens with zero attached hydrogens (tertiary/aromatic N) is 1. The van der Waals surface area contributed by atoms with Gasteiger partial charge in [-0.3, -0.25) is 9.79 Å². The summed E-state index contributed by atoms with van der Waals surface area (Å²) in [4.78, 5) is 15.7. The standard InChI is InChI=1S/C18H30N4O2.HI/c1-12(2)17(23)20-9-10-21-18(19-5)22-14(4)15-11-13(3)7-8-16(15)24-6;/h7-8,11-12,14H,9-10H2,1-6H3,(H,20,23)(H2,19,21,22);1H. The summed E-state index contributed by atoms with van der Waals surface area (Å²) in [6.07, 6.45) is 0. The normalized spacial score (nSPS) is 12.2. The van der Waals surface area contributed by atoms with Crippen LogP contribution in [0.5, 0.6) is 5.75 Å². The highest BCUT2D eigenvalue weighted by Crippen LogP contribution is 2.25. The number of nitrogens with one attached hydrogen (secondary N) is 3. The van der Waals surface area contributed by atoms with Gasteiger partial charge in [0.1, 0.15) is 5.75 Å². The zero-order valence-electron chi connectivity index (χ0n) is 16.0. The van der Waals surface area contributed by atoms with Crippen molar-refractivity contribution in [1.29, 1.82) is 0 Å². The molecule has 0 spiro atoms. The molecule has 25 heavy (non-hydrogen) atoms. The maximum Gasteiger partial charge on any atom is 0.222 e. The molecular weight excluding hydrogens is 431 g/mol. The SMILES string of the molecule is CN=C(NCCNC(=O)C(C)C)NC(C)c1cc(C)ccc1OC.I. The van der Waals surface area contributed by atoms with Crippen LogP contribution in [0.25, 0.3) is 0 Å². The van der Waals surface area contributed by atoms with Gasteiger partial charge in [-0.2, -0.15) is 0 Å². The van der Waals surface area contributed by atoms with Gasteiger partial charge >= 0.3 is 0 Å². The zero-order valence-corrected chi connectivity index (χ0v) is 18.3. The first-order chi connectivity index (χ1) is 11.4. The number of carbonyl (C=O) groups is 1. The number of guanidine groups is 1. The molecule has 1 unspecified atom stereocenters. The van der Waals surface area contributed by atoms with E-state index in [0.29, 0.717) is 19.0 Å². The quantitative estimate of drug-likeness (QED) is 0.252. The maximum atomic E-state index is 11.5. The van der Waals surface area contributed by atoms with Crippen LogP contribution in [-0.4, -0.2) is 39.1 Å². The van der Waals surface area contributed by atoms with E-state index in [1.807, 2.05) is 26.0 Å². The van der Waals surface area contributed by atoms with Crippen LogP contribution in [0.4, 0.5) is 0 Å². The Bertz CT molecular complexity index is 576.